The summed E-state index contributed by atoms with van der Waals surface area (Å²) in [6.45, 7) is 5.00. The van der Waals surface area contributed by atoms with Crippen LogP contribution in [0.2, 0.25) is 0 Å². The molecule has 126 valence electrons. The van der Waals surface area contributed by atoms with Crippen molar-refractivity contribution >= 4 is 12.0 Å². The first-order valence-electron chi connectivity index (χ1n) is 7.86. The molecule has 0 aromatic heterocycles. The summed E-state index contributed by atoms with van der Waals surface area (Å²) in [6.07, 6.45) is 0.661. The summed E-state index contributed by atoms with van der Waals surface area (Å²) in [4.78, 5) is 24.4. The zero-order chi connectivity index (χ0) is 17.0. The van der Waals surface area contributed by atoms with Gasteiger partial charge in [-0.05, 0) is 50.3 Å². The maximum atomic E-state index is 12.1. The van der Waals surface area contributed by atoms with Gasteiger partial charge in [0.15, 0.2) is 0 Å². The van der Waals surface area contributed by atoms with E-state index in [1.807, 2.05) is 0 Å². The number of nitrogens with one attached hydrogen (secondary N) is 1. The molecule has 1 saturated heterocycles. The fourth-order valence-corrected chi connectivity index (χ4v) is 2.70. The molecule has 6 nitrogen and oxygen atoms in total. The van der Waals surface area contributed by atoms with Crippen LogP contribution in [0.25, 0.3) is 0 Å². The number of aliphatic hydroxyl groups is 1. The molecule has 0 atom stereocenters. The van der Waals surface area contributed by atoms with Gasteiger partial charge in [0.2, 0.25) is 0 Å². The second-order valence-corrected chi connectivity index (χ2v) is 6.56. The molecule has 3 N–H and O–H groups in total. The van der Waals surface area contributed by atoms with Gasteiger partial charge in [-0.25, -0.2) is 4.79 Å². The maximum absolute atomic E-state index is 12.1. The summed E-state index contributed by atoms with van der Waals surface area (Å²) in [6, 6.07) is 6.91. The normalized spacial score (nSPS) is 16.2. The topological polar surface area (TPSA) is 89.9 Å². The minimum absolute atomic E-state index is 0.145. The minimum Gasteiger partial charge on any atom is -0.465 e. The lowest BCUT2D eigenvalue weighted by Crippen LogP contribution is -2.40. The van der Waals surface area contributed by atoms with E-state index in [0.717, 1.165) is 18.4 Å². The Morgan fingerprint density at radius 3 is 2.26 bits per heavy atom. The number of hydrogen-bond donors (Lipinski definition) is 3. The Morgan fingerprint density at radius 1 is 1.22 bits per heavy atom. The summed E-state index contributed by atoms with van der Waals surface area (Å²) in [7, 11) is 0. The van der Waals surface area contributed by atoms with E-state index >= 15 is 0 Å². The highest BCUT2D eigenvalue weighted by molar-refractivity contribution is 5.94. The van der Waals surface area contributed by atoms with Gasteiger partial charge in [-0.15, -0.1) is 0 Å². The van der Waals surface area contributed by atoms with Gasteiger partial charge in [-0.2, -0.15) is 0 Å². The third-order valence-corrected chi connectivity index (χ3v) is 4.29. The predicted molar refractivity (Wildman–Crippen MR) is 86.3 cm³/mol. The monoisotopic (exact) mass is 320 g/mol. The van der Waals surface area contributed by atoms with E-state index in [9.17, 15) is 14.7 Å². The fraction of sp³-hybridized carbons (Fsp3) is 0.529. The number of amides is 2. The molecule has 1 heterocycles. The van der Waals surface area contributed by atoms with Crippen molar-refractivity contribution in [3.05, 3.63) is 35.4 Å². The van der Waals surface area contributed by atoms with Crippen LogP contribution in [0.3, 0.4) is 0 Å². The smallest absolute Gasteiger partial charge is 0.407 e. The molecule has 2 rings (SSSR count). The molecule has 23 heavy (non-hydrogen) atoms. The van der Waals surface area contributed by atoms with Crippen molar-refractivity contribution in [1.29, 1.82) is 0 Å². The first kappa shape index (κ1) is 17.3. The molecule has 0 radical (unpaired) electrons. The van der Waals surface area contributed by atoms with E-state index in [0.29, 0.717) is 31.1 Å². The summed E-state index contributed by atoms with van der Waals surface area (Å²) >= 11 is 0. The summed E-state index contributed by atoms with van der Waals surface area (Å²) in [5.74, 6) is 0.165. The van der Waals surface area contributed by atoms with Crippen LogP contribution in [0.5, 0.6) is 0 Å². The van der Waals surface area contributed by atoms with E-state index in [4.69, 9.17) is 5.11 Å². The molecule has 1 aromatic carbocycles. The van der Waals surface area contributed by atoms with E-state index < -0.39 is 11.7 Å². The van der Waals surface area contributed by atoms with Gasteiger partial charge in [0.1, 0.15) is 0 Å². The van der Waals surface area contributed by atoms with Crippen molar-refractivity contribution in [2.75, 3.05) is 19.6 Å². The molecular weight excluding hydrogens is 296 g/mol. The number of piperidine rings is 1. The van der Waals surface area contributed by atoms with Gasteiger partial charge in [0, 0.05) is 25.2 Å². The second kappa shape index (κ2) is 7.00. The van der Waals surface area contributed by atoms with Gasteiger partial charge >= 0.3 is 6.09 Å². The third-order valence-electron chi connectivity index (χ3n) is 4.29. The van der Waals surface area contributed by atoms with Gasteiger partial charge < -0.3 is 20.4 Å². The van der Waals surface area contributed by atoms with Crippen molar-refractivity contribution in [2.24, 2.45) is 5.92 Å². The Morgan fingerprint density at radius 2 is 1.78 bits per heavy atom. The number of carboxylic acid groups (broad SMARTS) is 1. The molecule has 1 aliphatic rings. The average molecular weight is 320 g/mol. The summed E-state index contributed by atoms with van der Waals surface area (Å²) < 4.78 is 0. The first-order chi connectivity index (χ1) is 10.8. The Hall–Kier alpha value is -2.08. The van der Waals surface area contributed by atoms with E-state index in [-0.39, 0.29) is 5.91 Å². The largest absolute Gasteiger partial charge is 0.465 e. The molecule has 0 spiro atoms. The molecule has 0 bridgehead atoms. The van der Waals surface area contributed by atoms with Gasteiger partial charge in [0.05, 0.1) is 5.60 Å². The van der Waals surface area contributed by atoms with Crippen LogP contribution in [0.4, 0.5) is 4.79 Å². The third kappa shape index (κ3) is 4.69. The van der Waals surface area contributed by atoms with Crippen molar-refractivity contribution in [3.63, 3.8) is 0 Å². The van der Waals surface area contributed by atoms with Crippen LogP contribution in [0, 0.1) is 5.92 Å². The van der Waals surface area contributed by atoms with Crippen LogP contribution < -0.4 is 5.32 Å². The molecule has 1 aliphatic heterocycles. The molecule has 6 heteroatoms. The SMILES string of the molecule is CC(C)(O)c1ccc(C(=O)NCC2CCN(C(=O)O)CC2)cc1. The quantitative estimate of drug-likeness (QED) is 0.792. The van der Waals surface area contributed by atoms with Crippen LogP contribution in [-0.4, -0.2) is 46.7 Å². The van der Waals surface area contributed by atoms with Crippen LogP contribution in [0.1, 0.15) is 42.6 Å². The molecule has 1 fully saturated rings. The number of carbonyl (C=O) groups excluding carboxylic acids is 1. The Kier molecular flexibility index (Phi) is 5.26. The van der Waals surface area contributed by atoms with E-state index in [1.54, 1.807) is 38.1 Å². The van der Waals surface area contributed by atoms with Gasteiger partial charge in [0.25, 0.3) is 5.91 Å². The number of carbonyl (C=O) groups is 2. The average Bonchev–Trinajstić information content (AvgIpc) is 2.52. The number of nitrogens with zero attached hydrogens (tertiary/aromatic N) is 1. The highest BCUT2D eigenvalue weighted by Gasteiger charge is 2.22. The molecule has 0 aliphatic carbocycles. The standard InChI is InChI=1S/C17H24N2O4/c1-17(2,23)14-5-3-13(4-6-14)15(20)18-11-12-7-9-19(10-8-12)16(21)22/h3-6,12,23H,7-11H2,1-2H3,(H,18,20)(H,21,22). The van der Waals surface area contributed by atoms with Gasteiger partial charge in [-0.1, -0.05) is 12.1 Å². The Balaban J connectivity index is 1.82. The number of hydrogen-bond acceptors (Lipinski definition) is 3. The maximum Gasteiger partial charge on any atom is 0.407 e. The van der Waals surface area contributed by atoms with Crippen LogP contribution in [-0.2, 0) is 5.60 Å². The Labute approximate surface area is 136 Å². The molecule has 2 amide bonds. The summed E-state index contributed by atoms with van der Waals surface area (Å²) in [5, 5.41) is 21.7. The summed E-state index contributed by atoms with van der Waals surface area (Å²) in [5.41, 5.74) is 0.392. The van der Waals surface area contributed by atoms with Crippen molar-refractivity contribution in [2.45, 2.75) is 32.3 Å². The molecule has 0 saturated carbocycles. The van der Waals surface area contributed by atoms with Crippen molar-refractivity contribution < 1.29 is 19.8 Å². The highest BCUT2D eigenvalue weighted by Crippen LogP contribution is 2.20. The molecule has 1 aromatic rings. The van der Waals surface area contributed by atoms with E-state index in [1.165, 1.54) is 4.90 Å². The fourth-order valence-electron chi connectivity index (χ4n) is 2.70. The minimum atomic E-state index is -0.923. The van der Waals surface area contributed by atoms with Crippen LogP contribution >= 0.6 is 0 Å². The number of rotatable bonds is 4. The predicted octanol–water partition coefficient (Wildman–Crippen LogP) is 2.03. The lowest BCUT2D eigenvalue weighted by molar-refractivity contribution is 0.0784. The van der Waals surface area contributed by atoms with Crippen molar-refractivity contribution in [1.82, 2.24) is 10.2 Å². The zero-order valence-corrected chi connectivity index (χ0v) is 13.6. The lowest BCUT2D eigenvalue weighted by atomic mass is 9.96. The Bertz CT molecular complexity index is 555. The number of benzene rings is 1. The lowest BCUT2D eigenvalue weighted by Gasteiger charge is -2.30. The number of likely N-dealkylation sites (tertiary alicyclic amines) is 1. The highest BCUT2D eigenvalue weighted by atomic mass is 16.4. The molecular formula is C17H24N2O4. The zero-order valence-electron chi connectivity index (χ0n) is 13.6. The molecule has 0 unspecified atom stereocenters. The van der Waals surface area contributed by atoms with Crippen LogP contribution in [0.15, 0.2) is 24.3 Å². The van der Waals surface area contributed by atoms with Gasteiger partial charge in [-0.3, -0.25) is 4.79 Å². The van der Waals surface area contributed by atoms with Crippen molar-refractivity contribution in [3.8, 4) is 0 Å². The van der Waals surface area contributed by atoms with E-state index in [2.05, 4.69) is 5.32 Å². The second-order valence-electron chi connectivity index (χ2n) is 6.56. The first-order valence-corrected chi connectivity index (χ1v) is 7.86.